The third kappa shape index (κ3) is 6.13. The van der Waals surface area contributed by atoms with E-state index in [4.69, 9.17) is 10.5 Å². The van der Waals surface area contributed by atoms with Crippen molar-refractivity contribution >= 4 is 35.6 Å². The van der Waals surface area contributed by atoms with Crippen molar-refractivity contribution in [1.82, 2.24) is 0 Å². The number of nitrogens with one attached hydrogen (secondary N) is 1. The molecule has 1 aliphatic carbocycles. The number of fused-ring (bicyclic) bond motifs is 1. The number of alkyl halides is 2. The van der Waals surface area contributed by atoms with Gasteiger partial charge in [0, 0.05) is 5.69 Å². The molecule has 0 saturated heterocycles. The van der Waals surface area contributed by atoms with Crippen LogP contribution in [0.3, 0.4) is 0 Å². The van der Waals surface area contributed by atoms with Crippen molar-refractivity contribution in [3.63, 3.8) is 0 Å². The summed E-state index contributed by atoms with van der Waals surface area (Å²) in [5.41, 5.74) is 9.38. The molecule has 0 bridgehead atoms. The van der Waals surface area contributed by atoms with Crippen LogP contribution >= 0.6 is 24.0 Å². The van der Waals surface area contributed by atoms with Crippen LogP contribution < -0.4 is 11.1 Å². The highest BCUT2D eigenvalue weighted by Crippen LogP contribution is 2.24. The summed E-state index contributed by atoms with van der Waals surface area (Å²) in [6.07, 6.45) is 0.995. The zero-order valence-electron chi connectivity index (χ0n) is 11.6. The molecule has 0 unspecified atom stereocenters. The highest BCUT2D eigenvalue weighted by molar-refractivity contribution is 14.0. The number of guanidine groups is 1. The van der Waals surface area contributed by atoms with E-state index in [-0.39, 0.29) is 43.1 Å². The van der Waals surface area contributed by atoms with Gasteiger partial charge in [0.05, 0.1) is 13.2 Å². The van der Waals surface area contributed by atoms with Crippen LogP contribution in [0.1, 0.15) is 17.5 Å². The van der Waals surface area contributed by atoms with Crippen molar-refractivity contribution in [3.05, 3.63) is 29.3 Å². The first-order valence-electron chi connectivity index (χ1n) is 6.70. The average molecular weight is 411 g/mol. The number of hydrogen-bond donors (Lipinski definition) is 2. The Balaban J connectivity index is 0.00000220. The number of benzene rings is 1. The molecule has 0 heterocycles. The number of halogens is 3. The van der Waals surface area contributed by atoms with Gasteiger partial charge in [-0.1, -0.05) is 6.07 Å². The van der Waals surface area contributed by atoms with Gasteiger partial charge in [0.1, 0.15) is 6.61 Å². The van der Waals surface area contributed by atoms with Crippen LogP contribution in [0, 0.1) is 0 Å². The summed E-state index contributed by atoms with van der Waals surface area (Å²) in [4.78, 5) is 4.02. The van der Waals surface area contributed by atoms with Crippen LogP contribution in [0.4, 0.5) is 14.5 Å². The quantitative estimate of drug-likeness (QED) is 0.328. The molecule has 0 spiro atoms. The number of anilines is 1. The lowest BCUT2D eigenvalue weighted by Crippen LogP contribution is -2.23. The fraction of sp³-hybridized carbons (Fsp3) is 0.500. The molecule has 1 aliphatic rings. The van der Waals surface area contributed by atoms with E-state index in [1.165, 1.54) is 17.5 Å². The molecule has 0 atom stereocenters. The van der Waals surface area contributed by atoms with Crippen molar-refractivity contribution in [3.8, 4) is 0 Å². The van der Waals surface area contributed by atoms with E-state index in [2.05, 4.69) is 22.4 Å². The van der Waals surface area contributed by atoms with Gasteiger partial charge in [-0.2, -0.15) is 0 Å². The Labute approximate surface area is 140 Å². The first kappa shape index (κ1) is 18.1. The maximum atomic E-state index is 11.8. The van der Waals surface area contributed by atoms with E-state index in [1.807, 2.05) is 6.07 Å². The minimum atomic E-state index is -2.44. The molecule has 1 aromatic carbocycles. The molecule has 0 amide bonds. The number of nitrogens with zero attached hydrogens (tertiary/aromatic N) is 1. The predicted octanol–water partition coefficient (Wildman–Crippen LogP) is 2.80. The van der Waals surface area contributed by atoms with Gasteiger partial charge in [-0.3, -0.25) is 4.99 Å². The molecule has 7 heteroatoms. The molecule has 21 heavy (non-hydrogen) atoms. The predicted molar refractivity (Wildman–Crippen MR) is 90.8 cm³/mol. The molecule has 2 rings (SSSR count). The summed E-state index contributed by atoms with van der Waals surface area (Å²) in [6.45, 7) is -0.166. The van der Waals surface area contributed by atoms with Crippen molar-refractivity contribution in [2.24, 2.45) is 10.7 Å². The lowest BCUT2D eigenvalue weighted by atomic mass is 10.1. The Hall–Kier alpha value is -0.960. The maximum absolute atomic E-state index is 11.8. The molecule has 118 valence electrons. The maximum Gasteiger partial charge on any atom is 0.261 e. The van der Waals surface area contributed by atoms with Crippen molar-refractivity contribution in [2.45, 2.75) is 25.7 Å². The Kier molecular flexibility index (Phi) is 7.87. The Morgan fingerprint density at radius 1 is 1.33 bits per heavy atom. The number of aliphatic imine (C=N–C) groups is 1. The third-order valence-corrected chi connectivity index (χ3v) is 3.13. The van der Waals surface area contributed by atoms with E-state index < -0.39 is 13.0 Å². The second kappa shape index (κ2) is 9.14. The van der Waals surface area contributed by atoms with Gasteiger partial charge < -0.3 is 15.8 Å². The summed E-state index contributed by atoms with van der Waals surface area (Å²) in [7, 11) is 0. The molecular formula is C14H20F2IN3O. The molecule has 0 fully saturated rings. The van der Waals surface area contributed by atoms with E-state index in [0.717, 1.165) is 18.5 Å². The largest absolute Gasteiger partial charge is 0.374 e. The lowest BCUT2D eigenvalue weighted by Gasteiger charge is -2.08. The van der Waals surface area contributed by atoms with Crippen LogP contribution in [0.25, 0.3) is 0 Å². The van der Waals surface area contributed by atoms with E-state index in [1.54, 1.807) is 0 Å². The smallest absolute Gasteiger partial charge is 0.261 e. The third-order valence-electron chi connectivity index (χ3n) is 3.13. The molecular weight excluding hydrogens is 391 g/mol. The number of nitrogens with two attached hydrogens (primary N) is 1. The van der Waals surface area contributed by atoms with E-state index >= 15 is 0 Å². The van der Waals surface area contributed by atoms with Gasteiger partial charge in [0.2, 0.25) is 0 Å². The summed E-state index contributed by atoms with van der Waals surface area (Å²) in [6, 6.07) is 6.15. The summed E-state index contributed by atoms with van der Waals surface area (Å²) < 4.78 is 28.4. The zero-order chi connectivity index (χ0) is 14.4. The van der Waals surface area contributed by atoms with E-state index in [0.29, 0.717) is 0 Å². The van der Waals surface area contributed by atoms with Gasteiger partial charge in [-0.25, -0.2) is 8.78 Å². The van der Waals surface area contributed by atoms with Crippen LogP contribution in [0.2, 0.25) is 0 Å². The van der Waals surface area contributed by atoms with Gasteiger partial charge >= 0.3 is 0 Å². The summed E-state index contributed by atoms with van der Waals surface area (Å²) in [5, 5.41) is 3.00. The van der Waals surface area contributed by atoms with E-state index in [9.17, 15) is 8.78 Å². The molecule has 1 aromatic rings. The molecule has 0 aliphatic heterocycles. The second-order valence-corrected chi connectivity index (χ2v) is 4.70. The standard InChI is InChI=1S/C14H19F2N3O.HI/c15-13(16)9-20-7-6-18-14(17)19-12-5-4-10-2-1-3-11(10)8-12;/h4-5,8,13H,1-3,6-7,9H2,(H3,17,18,19);1H. The monoisotopic (exact) mass is 411 g/mol. The van der Waals surface area contributed by atoms with Crippen LogP contribution in [0.15, 0.2) is 23.2 Å². The Morgan fingerprint density at radius 3 is 2.86 bits per heavy atom. The van der Waals surface area contributed by atoms with Gasteiger partial charge in [0.25, 0.3) is 6.43 Å². The Morgan fingerprint density at radius 2 is 2.10 bits per heavy atom. The normalized spacial score (nSPS) is 14.0. The highest BCUT2D eigenvalue weighted by Gasteiger charge is 2.10. The fourth-order valence-electron chi connectivity index (χ4n) is 2.24. The van der Waals surface area contributed by atoms with Crippen molar-refractivity contribution in [1.29, 1.82) is 0 Å². The zero-order valence-corrected chi connectivity index (χ0v) is 14.0. The fourth-order valence-corrected chi connectivity index (χ4v) is 2.24. The van der Waals surface area contributed by atoms with Gasteiger partial charge in [0.15, 0.2) is 5.96 Å². The molecule has 3 N–H and O–H groups in total. The number of aryl methyl sites for hydroxylation is 2. The molecule has 4 nitrogen and oxygen atoms in total. The Bertz CT molecular complexity index is 483. The van der Waals surface area contributed by atoms with Gasteiger partial charge in [-0.15, -0.1) is 24.0 Å². The topological polar surface area (TPSA) is 59.6 Å². The molecule has 0 radical (unpaired) electrons. The van der Waals surface area contributed by atoms with Crippen molar-refractivity contribution in [2.75, 3.05) is 25.1 Å². The SMILES string of the molecule is I.NC(=NCCOCC(F)F)Nc1ccc2c(c1)CCC2. The first-order valence-corrected chi connectivity index (χ1v) is 6.70. The number of hydrogen-bond acceptors (Lipinski definition) is 2. The van der Waals surface area contributed by atoms with Crippen LogP contribution in [-0.2, 0) is 17.6 Å². The van der Waals surface area contributed by atoms with Crippen molar-refractivity contribution < 1.29 is 13.5 Å². The summed E-state index contributed by atoms with van der Waals surface area (Å²) >= 11 is 0. The lowest BCUT2D eigenvalue weighted by molar-refractivity contribution is 0.0207. The first-order chi connectivity index (χ1) is 9.65. The number of ether oxygens (including phenoxy) is 1. The molecule has 0 aromatic heterocycles. The minimum absolute atomic E-state index is 0. The van der Waals surface area contributed by atoms with Gasteiger partial charge in [-0.05, 0) is 42.5 Å². The summed E-state index contributed by atoms with van der Waals surface area (Å²) in [5.74, 6) is 0.267. The minimum Gasteiger partial charge on any atom is -0.374 e. The second-order valence-electron chi connectivity index (χ2n) is 4.70. The molecule has 0 saturated carbocycles. The van der Waals surface area contributed by atoms with Crippen LogP contribution in [0.5, 0.6) is 0 Å². The van der Waals surface area contributed by atoms with Crippen LogP contribution in [-0.4, -0.2) is 32.1 Å². The number of rotatable bonds is 6. The highest BCUT2D eigenvalue weighted by atomic mass is 127. The average Bonchev–Trinajstić information content (AvgIpc) is 2.85.